The number of amides is 1. The number of carbonyl (C=O) groups excluding carboxylic acids is 1. The summed E-state index contributed by atoms with van der Waals surface area (Å²) in [5.74, 6) is -0.289. The first-order chi connectivity index (χ1) is 8.24. The van der Waals surface area contributed by atoms with Gasteiger partial charge in [-0.05, 0) is 18.9 Å². The van der Waals surface area contributed by atoms with Crippen LogP contribution in [0, 0.1) is 0 Å². The zero-order valence-corrected chi connectivity index (χ0v) is 9.61. The molecule has 0 unspecified atom stereocenters. The Hall–Kier alpha value is -1.69. The van der Waals surface area contributed by atoms with Gasteiger partial charge in [0.1, 0.15) is 5.69 Å². The number of rotatable bonds is 7. The molecule has 0 saturated heterocycles. The lowest BCUT2D eigenvalue weighted by Crippen LogP contribution is -2.26. The molecule has 1 rings (SSSR count). The van der Waals surface area contributed by atoms with Gasteiger partial charge < -0.3 is 10.4 Å². The standard InChI is InChI=1S/C11H17N3O3/c15-8-4-2-1-3-7-12-11(17)9-5-6-10(16)14-13-9/h5-6,15H,1-4,7-8H2,(H,12,17)(H,14,16). The molecule has 1 heterocycles. The molecular weight excluding hydrogens is 222 g/mol. The summed E-state index contributed by atoms with van der Waals surface area (Å²) in [5.41, 5.74) is -0.120. The number of hydrogen-bond donors (Lipinski definition) is 3. The normalized spacial score (nSPS) is 10.2. The minimum absolute atomic E-state index is 0.208. The average molecular weight is 239 g/mol. The van der Waals surface area contributed by atoms with Gasteiger partial charge in [-0.2, -0.15) is 5.10 Å². The van der Waals surface area contributed by atoms with Crippen molar-refractivity contribution in [3.05, 3.63) is 28.2 Å². The van der Waals surface area contributed by atoms with Crippen LogP contribution in [0.15, 0.2) is 16.9 Å². The van der Waals surface area contributed by atoms with E-state index in [9.17, 15) is 9.59 Å². The smallest absolute Gasteiger partial charge is 0.271 e. The van der Waals surface area contributed by atoms with Gasteiger partial charge in [0.15, 0.2) is 0 Å². The van der Waals surface area contributed by atoms with Crippen molar-refractivity contribution in [2.75, 3.05) is 13.2 Å². The second-order valence-corrected chi connectivity index (χ2v) is 3.70. The molecule has 0 radical (unpaired) electrons. The molecule has 0 saturated carbocycles. The van der Waals surface area contributed by atoms with Crippen molar-refractivity contribution in [3.63, 3.8) is 0 Å². The zero-order chi connectivity index (χ0) is 12.5. The fourth-order valence-corrected chi connectivity index (χ4v) is 1.35. The average Bonchev–Trinajstić information content (AvgIpc) is 2.34. The Morgan fingerprint density at radius 1 is 1.29 bits per heavy atom. The van der Waals surface area contributed by atoms with Gasteiger partial charge in [-0.1, -0.05) is 12.8 Å². The van der Waals surface area contributed by atoms with Crippen LogP contribution in [0.3, 0.4) is 0 Å². The number of carbonyl (C=O) groups is 1. The molecule has 0 aliphatic rings. The van der Waals surface area contributed by atoms with Gasteiger partial charge in [0.25, 0.3) is 11.5 Å². The minimum atomic E-state index is -0.328. The number of H-pyrrole nitrogens is 1. The van der Waals surface area contributed by atoms with E-state index in [0.29, 0.717) is 6.54 Å². The maximum Gasteiger partial charge on any atom is 0.271 e. The van der Waals surface area contributed by atoms with Crippen LogP contribution in [0.25, 0.3) is 0 Å². The monoisotopic (exact) mass is 239 g/mol. The number of aromatic nitrogens is 2. The van der Waals surface area contributed by atoms with Gasteiger partial charge >= 0.3 is 0 Å². The molecule has 3 N–H and O–H groups in total. The highest BCUT2D eigenvalue weighted by molar-refractivity contribution is 5.91. The maximum atomic E-state index is 11.5. The van der Waals surface area contributed by atoms with Crippen molar-refractivity contribution in [1.82, 2.24) is 15.5 Å². The largest absolute Gasteiger partial charge is 0.396 e. The van der Waals surface area contributed by atoms with Crippen LogP contribution in [0.2, 0.25) is 0 Å². The van der Waals surface area contributed by atoms with Gasteiger partial charge in [-0.25, -0.2) is 5.10 Å². The quantitative estimate of drug-likeness (QED) is 0.586. The third-order valence-corrected chi connectivity index (χ3v) is 2.28. The number of hydrogen-bond acceptors (Lipinski definition) is 4. The van der Waals surface area contributed by atoms with E-state index in [1.165, 1.54) is 12.1 Å². The molecule has 17 heavy (non-hydrogen) atoms. The van der Waals surface area contributed by atoms with Crippen LogP contribution in [0.4, 0.5) is 0 Å². The lowest BCUT2D eigenvalue weighted by atomic mass is 10.2. The van der Waals surface area contributed by atoms with Crippen LogP contribution in [0.5, 0.6) is 0 Å². The number of nitrogens with one attached hydrogen (secondary N) is 2. The Bertz CT molecular complexity index is 383. The summed E-state index contributed by atoms with van der Waals surface area (Å²) < 4.78 is 0. The molecule has 0 spiro atoms. The number of aliphatic hydroxyl groups is 1. The topological polar surface area (TPSA) is 95.1 Å². The molecule has 6 nitrogen and oxygen atoms in total. The van der Waals surface area contributed by atoms with Crippen LogP contribution in [-0.4, -0.2) is 34.4 Å². The van der Waals surface area contributed by atoms with Gasteiger partial charge in [-0.15, -0.1) is 0 Å². The minimum Gasteiger partial charge on any atom is -0.396 e. The van der Waals surface area contributed by atoms with E-state index in [1.807, 2.05) is 0 Å². The number of aromatic amines is 1. The van der Waals surface area contributed by atoms with Crippen LogP contribution >= 0.6 is 0 Å². The SMILES string of the molecule is O=C(NCCCCCCO)c1ccc(=O)[nH]n1. The van der Waals surface area contributed by atoms with Gasteiger partial charge in [-0.3, -0.25) is 9.59 Å². The number of aliphatic hydroxyl groups excluding tert-OH is 1. The fourth-order valence-electron chi connectivity index (χ4n) is 1.35. The first-order valence-electron chi connectivity index (χ1n) is 5.69. The second-order valence-electron chi connectivity index (χ2n) is 3.70. The second kappa shape index (κ2) is 7.56. The van der Waals surface area contributed by atoms with Crippen molar-refractivity contribution in [3.8, 4) is 0 Å². The summed E-state index contributed by atoms with van der Waals surface area (Å²) in [6.07, 6.45) is 3.60. The van der Waals surface area contributed by atoms with Crippen LogP contribution in [0.1, 0.15) is 36.2 Å². The molecular formula is C11H17N3O3. The van der Waals surface area contributed by atoms with E-state index in [-0.39, 0.29) is 23.8 Å². The zero-order valence-electron chi connectivity index (χ0n) is 9.61. The van der Waals surface area contributed by atoms with Crippen LogP contribution < -0.4 is 10.9 Å². The molecule has 1 amide bonds. The first-order valence-corrected chi connectivity index (χ1v) is 5.69. The summed E-state index contributed by atoms with van der Waals surface area (Å²) in [6, 6.07) is 2.66. The van der Waals surface area contributed by atoms with E-state index in [0.717, 1.165) is 25.7 Å². The molecule has 6 heteroatoms. The van der Waals surface area contributed by atoms with Crippen molar-refractivity contribution < 1.29 is 9.90 Å². The Labute approximate surface area is 99.1 Å². The van der Waals surface area contributed by atoms with Crippen molar-refractivity contribution >= 4 is 5.91 Å². The highest BCUT2D eigenvalue weighted by Crippen LogP contribution is 1.98. The Kier molecular flexibility index (Phi) is 5.95. The number of unbranched alkanes of at least 4 members (excludes halogenated alkanes) is 3. The van der Waals surface area contributed by atoms with E-state index < -0.39 is 0 Å². The van der Waals surface area contributed by atoms with Gasteiger partial charge in [0.2, 0.25) is 0 Å². The molecule has 94 valence electrons. The predicted octanol–water partition coefficient (Wildman–Crippen LogP) is 0.0524. The summed E-state index contributed by atoms with van der Waals surface area (Å²) >= 11 is 0. The number of nitrogens with zero attached hydrogens (tertiary/aromatic N) is 1. The van der Waals surface area contributed by atoms with Gasteiger partial charge in [0.05, 0.1) is 0 Å². The molecule has 0 atom stereocenters. The van der Waals surface area contributed by atoms with Gasteiger partial charge in [0, 0.05) is 19.2 Å². The third kappa shape index (κ3) is 5.26. The van der Waals surface area contributed by atoms with E-state index in [1.54, 1.807) is 0 Å². The lowest BCUT2D eigenvalue weighted by molar-refractivity contribution is 0.0946. The summed E-state index contributed by atoms with van der Waals surface area (Å²) in [6.45, 7) is 0.790. The van der Waals surface area contributed by atoms with Crippen molar-refractivity contribution in [2.45, 2.75) is 25.7 Å². The van der Waals surface area contributed by atoms with Crippen molar-refractivity contribution in [2.24, 2.45) is 0 Å². The van der Waals surface area contributed by atoms with E-state index in [2.05, 4.69) is 15.5 Å². The highest BCUT2D eigenvalue weighted by atomic mass is 16.2. The summed E-state index contributed by atoms with van der Waals surface area (Å²) in [7, 11) is 0. The van der Waals surface area contributed by atoms with Crippen LogP contribution in [-0.2, 0) is 0 Å². The molecule has 1 aromatic heterocycles. The summed E-state index contributed by atoms with van der Waals surface area (Å²) in [5, 5.41) is 17.1. The Morgan fingerprint density at radius 3 is 2.71 bits per heavy atom. The van der Waals surface area contributed by atoms with Crippen molar-refractivity contribution in [1.29, 1.82) is 0 Å². The molecule has 0 aliphatic heterocycles. The molecule has 0 bridgehead atoms. The lowest BCUT2D eigenvalue weighted by Gasteiger charge is -2.03. The third-order valence-electron chi connectivity index (χ3n) is 2.28. The van der Waals surface area contributed by atoms with E-state index in [4.69, 9.17) is 5.11 Å². The maximum absolute atomic E-state index is 11.5. The molecule has 0 fully saturated rings. The molecule has 1 aromatic rings. The summed E-state index contributed by atoms with van der Waals surface area (Å²) in [4.78, 5) is 22.2. The highest BCUT2D eigenvalue weighted by Gasteiger charge is 2.05. The molecule has 0 aromatic carbocycles. The predicted molar refractivity (Wildman–Crippen MR) is 62.7 cm³/mol. The molecule has 0 aliphatic carbocycles. The Morgan fingerprint density at radius 2 is 2.06 bits per heavy atom. The van der Waals surface area contributed by atoms with E-state index >= 15 is 0 Å². The fraction of sp³-hybridized carbons (Fsp3) is 0.545. The Balaban J connectivity index is 2.21. The first kappa shape index (κ1) is 13.4.